The van der Waals surface area contributed by atoms with Gasteiger partial charge >= 0.3 is 0 Å². The molecule has 0 spiro atoms. The molecular weight excluding hydrogens is 262 g/mol. The molecule has 21 heavy (non-hydrogen) atoms. The molecule has 1 N–H and O–H groups in total. The fourth-order valence-corrected chi connectivity index (χ4v) is 3.93. The van der Waals surface area contributed by atoms with Crippen LogP contribution in [-0.4, -0.2) is 39.8 Å². The Hall–Kier alpha value is -1.62. The van der Waals surface area contributed by atoms with E-state index in [9.17, 15) is 0 Å². The first kappa shape index (κ1) is 13.1. The van der Waals surface area contributed by atoms with Crippen LogP contribution in [0, 0.1) is 6.92 Å². The lowest BCUT2D eigenvalue weighted by molar-refractivity contribution is 0.376. The van der Waals surface area contributed by atoms with E-state index in [2.05, 4.69) is 21.4 Å². The molecule has 2 unspecified atom stereocenters. The lowest BCUT2D eigenvalue weighted by Gasteiger charge is -2.40. The van der Waals surface area contributed by atoms with Crippen LogP contribution < -0.4 is 10.2 Å². The van der Waals surface area contributed by atoms with Crippen molar-refractivity contribution in [1.82, 2.24) is 19.9 Å². The monoisotopic (exact) mass is 285 g/mol. The average molecular weight is 285 g/mol. The number of anilines is 1. The number of hydrogen-bond donors (Lipinski definition) is 1. The van der Waals surface area contributed by atoms with Gasteiger partial charge in [-0.2, -0.15) is 5.10 Å². The highest BCUT2D eigenvalue weighted by molar-refractivity contribution is 5.69. The van der Waals surface area contributed by atoms with Crippen LogP contribution in [0.1, 0.15) is 37.8 Å². The van der Waals surface area contributed by atoms with Gasteiger partial charge in [-0.25, -0.2) is 9.50 Å². The molecule has 0 saturated carbocycles. The quantitative estimate of drug-likeness (QED) is 0.918. The van der Waals surface area contributed by atoms with Gasteiger partial charge in [-0.15, -0.1) is 0 Å². The fourth-order valence-electron chi connectivity index (χ4n) is 3.93. The average Bonchev–Trinajstić information content (AvgIpc) is 3.15. The van der Waals surface area contributed by atoms with Crippen LogP contribution in [0.4, 0.5) is 5.82 Å². The fraction of sp³-hybridized carbons (Fsp3) is 0.625. The van der Waals surface area contributed by atoms with E-state index >= 15 is 0 Å². The molecule has 4 heterocycles. The summed E-state index contributed by atoms with van der Waals surface area (Å²) < 4.78 is 1.96. The Morgan fingerprint density at radius 3 is 3.05 bits per heavy atom. The van der Waals surface area contributed by atoms with Crippen molar-refractivity contribution in [2.75, 3.05) is 18.0 Å². The van der Waals surface area contributed by atoms with E-state index in [0.717, 1.165) is 23.6 Å². The van der Waals surface area contributed by atoms with Gasteiger partial charge in [0.05, 0.1) is 5.69 Å². The Labute approximate surface area is 125 Å². The third-order valence-corrected chi connectivity index (χ3v) is 4.88. The van der Waals surface area contributed by atoms with Crippen molar-refractivity contribution < 1.29 is 0 Å². The van der Waals surface area contributed by atoms with Crippen molar-refractivity contribution in [3.63, 3.8) is 0 Å². The summed E-state index contributed by atoms with van der Waals surface area (Å²) in [5, 5.41) is 8.21. The van der Waals surface area contributed by atoms with Crippen molar-refractivity contribution in [2.45, 2.75) is 51.1 Å². The van der Waals surface area contributed by atoms with Gasteiger partial charge in [-0.3, -0.25) is 0 Å². The molecule has 2 fully saturated rings. The maximum absolute atomic E-state index is 4.70. The molecule has 5 nitrogen and oxygen atoms in total. The summed E-state index contributed by atoms with van der Waals surface area (Å²) in [6, 6.07) is 3.35. The molecule has 2 aromatic rings. The highest BCUT2D eigenvalue weighted by atomic mass is 15.3. The molecule has 0 aliphatic carbocycles. The third-order valence-electron chi connectivity index (χ3n) is 4.88. The first-order valence-electron chi connectivity index (χ1n) is 8.14. The van der Waals surface area contributed by atoms with Crippen LogP contribution in [-0.2, 0) is 0 Å². The topological polar surface area (TPSA) is 45.5 Å². The summed E-state index contributed by atoms with van der Waals surface area (Å²) in [6.45, 7) is 4.32. The SMILES string of the molecule is Cc1cc2c(N3CCCCC3C3CCCN3)nccn2n1. The van der Waals surface area contributed by atoms with Gasteiger partial charge in [-0.05, 0) is 51.6 Å². The molecule has 0 bridgehead atoms. The number of aryl methyl sites for hydroxylation is 1. The molecule has 0 aromatic carbocycles. The number of piperidine rings is 1. The van der Waals surface area contributed by atoms with E-state index in [4.69, 9.17) is 4.98 Å². The number of nitrogens with zero attached hydrogens (tertiary/aromatic N) is 4. The van der Waals surface area contributed by atoms with Crippen LogP contribution in [0.3, 0.4) is 0 Å². The lowest BCUT2D eigenvalue weighted by atomic mass is 9.94. The molecule has 2 aliphatic rings. The van der Waals surface area contributed by atoms with E-state index in [-0.39, 0.29) is 0 Å². The molecule has 2 aromatic heterocycles. The second kappa shape index (κ2) is 5.30. The molecule has 5 heteroatoms. The van der Waals surface area contributed by atoms with E-state index in [1.54, 1.807) is 0 Å². The van der Waals surface area contributed by atoms with Gasteiger partial charge in [0.15, 0.2) is 5.82 Å². The van der Waals surface area contributed by atoms with E-state index in [1.807, 2.05) is 23.8 Å². The number of hydrogen-bond acceptors (Lipinski definition) is 4. The summed E-state index contributed by atoms with van der Waals surface area (Å²) in [4.78, 5) is 7.23. The minimum absolute atomic E-state index is 0.579. The third kappa shape index (κ3) is 2.29. The van der Waals surface area contributed by atoms with Crippen molar-refractivity contribution >= 4 is 11.3 Å². The molecule has 4 rings (SSSR count). The van der Waals surface area contributed by atoms with Crippen molar-refractivity contribution in [1.29, 1.82) is 0 Å². The van der Waals surface area contributed by atoms with E-state index in [0.29, 0.717) is 12.1 Å². The van der Waals surface area contributed by atoms with Gasteiger partial charge in [0.25, 0.3) is 0 Å². The Balaban J connectivity index is 1.73. The van der Waals surface area contributed by atoms with Crippen LogP contribution in [0.25, 0.3) is 5.52 Å². The highest BCUT2D eigenvalue weighted by Gasteiger charge is 2.33. The number of rotatable bonds is 2. The van der Waals surface area contributed by atoms with E-state index < -0.39 is 0 Å². The number of aromatic nitrogens is 3. The standard InChI is InChI=1S/C16H23N5/c1-12-11-15-16(18-8-10-21(15)19-12)20-9-3-2-6-14(20)13-5-4-7-17-13/h8,10-11,13-14,17H,2-7,9H2,1H3. The maximum Gasteiger partial charge on any atom is 0.154 e. The minimum atomic E-state index is 0.579. The largest absolute Gasteiger partial charge is 0.350 e. The zero-order valence-corrected chi connectivity index (χ0v) is 12.6. The Morgan fingerprint density at radius 2 is 2.19 bits per heavy atom. The van der Waals surface area contributed by atoms with Gasteiger partial charge < -0.3 is 10.2 Å². The normalized spacial score (nSPS) is 26.6. The Bertz CT molecular complexity index is 629. The molecule has 2 saturated heterocycles. The van der Waals surface area contributed by atoms with Crippen LogP contribution in [0.5, 0.6) is 0 Å². The second-order valence-corrected chi connectivity index (χ2v) is 6.33. The summed E-state index contributed by atoms with van der Waals surface area (Å²) in [6.07, 6.45) is 10.3. The lowest BCUT2D eigenvalue weighted by Crippen LogP contribution is -2.50. The molecule has 112 valence electrons. The summed E-state index contributed by atoms with van der Waals surface area (Å²) in [5.41, 5.74) is 2.19. The summed E-state index contributed by atoms with van der Waals surface area (Å²) in [5.74, 6) is 1.11. The van der Waals surface area contributed by atoms with E-state index in [1.165, 1.54) is 38.6 Å². The first-order valence-corrected chi connectivity index (χ1v) is 8.14. The Morgan fingerprint density at radius 1 is 1.24 bits per heavy atom. The summed E-state index contributed by atoms with van der Waals surface area (Å²) >= 11 is 0. The van der Waals surface area contributed by atoms with Crippen LogP contribution in [0.15, 0.2) is 18.5 Å². The number of nitrogens with one attached hydrogen (secondary N) is 1. The zero-order chi connectivity index (χ0) is 14.2. The molecule has 2 aliphatic heterocycles. The van der Waals surface area contributed by atoms with Gasteiger partial charge in [0, 0.05) is 31.0 Å². The predicted molar refractivity (Wildman–Crippen MR) is 83.7 cm³/mol. The molecule has 0 radical (unpaired) electrons. The van der Waals surface area contributed by atoms with Crippen molar-refractivity contribution in [3.05, 3.63) is 24.2 Å². The predicted octanol–water partition coefficient (Wildman–Crippen LogP) is 2.15. The zero-order valence-electron chi connectivity index (χ0n) is 12.6. The molecular formula is C16H23N5. The molecule has 2 atom stereocenters. The van der Waals surface area contributed by atoms with Crippen LogP contribution in [0.2, 0.25) is 0 Å². The van der Waals surface area contributed by atoms with Crippen molar-refractivity contribution in [2.24, 2.45) is 0 Å². The Kier molecular flexibility index (Phi) is 3.30. The molecule has 0 amide bonds. The van der Waals surface area contributed by atoms with Gasteiger partial charge in [0.2, 0.25) is 0 Å². The van der Waals surface area contributed by atoms with Gasteiger partial charge in [-0.1, -0.05) is 0 Å². The van der Waals surface area contributed by atoms with Gasteiger partial charge in [0.1, 0.15) is 5.52 Å². The van der Waals surface area contributed by atoms with Crippen molar-refractivity contribution in [3.8, 4) is 0 Å². The number of fused-ring (bicyclic) bond motifs is 1. The smallest absolute Gasteiger partial charge is 0.154 e. The first-order chi connectivity index (χ1) is 10.3. The van der Waals surface area contributed by atoms with Crippen LogP contribution >= 0.6 is 0 Å². The maximum atomic E-state index is 4.70. The highest BCUT2D eigenvalue weighted by Crippen LogP contribution is 2.30. The minimum Gasteiger partial charge on any atom is -0.350 e. The second-order valence-electron chi connectivity index (χ2n) is 6.33. The summed E-state index contributed by atoms with van der Waals surface area (Å²) in [7, 11) is 0.